The van der Waals surface area contributed by atoms with Gasteiger partial charge in [0.2, 0.25) is 0 Å². The second kappa shape index (κ2) is 10.0. The van der Waals surface area contributed by atoms with Crippen LogP contribution in [0.5, 0.6) is 0 Å². The highest BCUT2D eigenvalue weighted by molar-refractivity contribution is 6.01. The van der Waals surface area contributed by atoms with E-state index < -0.39 is 0 Å². The number of pyridine rings is 1. The first-order valence-corrected chi connectivity index (χ1v) is 13.7. The Kier molecular flexibility index (Phi) is 6.37. The number of fused-ring (bicyclic) bond motifs is 1. The number of rotatable bonds is 4. The fourth-order valence-electron chi connectivity index (χ4n) is 5.49. The first kappa shape index (κ1) is 24.8. The van der Waals surface area contributed by atoms with E-state index in [2.05, 4.69) is 155 Å². The number of aryl methyl sites for hydroxylation is 1. The van der Waals surface area contributed by atoms with Gasteiger partial charge in [0.1, 0.15) is 0 Å². The highest BCUT2D eigenvalue weighted by Crippen LogP contribution is 2.49. The van der Waals surface area contributed by atoms with E-state index in [1.807, 2.05) is 0 Å². The summed E-state index contributed by atoms with van der Waals surface area (Å²) in [6.07, 6.45) is 0. The zero-order chi connectivity index (χ0) is 27.0. The molecule has 0 spiro atoms. The second-order valence-electron chi connectivity index (χ2n) is 11.3. The Bertz CT molecular complexity index is 1710. The molecule has 1 heterocycles. The van der Waals surface area contributed by atoms with Gasteiger partial charge in [-0.15, -0.1) is 0 Å². The molecule has 0 bridgehead atoms. The number of hydrogen-bond donors (Lipinski definition) is 0. The first-order chi connectivity index (χ1) is 18.9. The van der Waals surface area contributed by atoms with Crippen molar-refractivity contribution < 1.29 is 0 Å². The molecule has 4 aromatic rings. The average Bonchev–Trinajstić information content (AvgIpc) is 3.25. The summed E-state index contributed by atoms with van der Waals surface area (Å²) in [5, 5.41) is 0. The highest BCUT2D eigenvalue weighted by atomic mass is 14.7. The van der Waals surface area contributed by atoms with Gasteiger partial charge in [-0.3, -0.25) is 0 Å². The van der Waals surface area contributed by atoms with Crippen molar-refractivity contribution in [3.05, 3.63) is 139 Å². The minimum atomic E-state index is -0.0426. The van der Waals surface area contributed by atoms with Crippen LogP contribution in [0.3, 0.4) is 0 Å². The third-order valence-electron chi connectivity index (χ3n) is 7.46. The monoisotopic (exact) mass is 503 g/mol. The van der Waals surface area contributed by atoms with E-state index in [0.717, 1.165) is 22.5 Å². The van der Waals surface area contributed by atoms with Crippen LogP contribution in [0, 0.1) is 6.92 Å². The molecule has 1 nitrogen and oxygen atoms in total. The molecule has 0 atom stereocenters. The lowest BCUT2D eigenvalue weighted by atomic mass is 9.81. The lowest BCUT2D eigenvalue weighted by Crippen LogP contribution is -2.11. The molecule has 2 aliphatic carbocycles. The SMILES string of the molecule is Cc1ccc2cc(C(C)(C)C)c(-c3cc(-c4ccccc4)nc(-c4ccccc4)c3-c3ccccc3)c-2cc1. The maximum atomic E-state index is 5.36. The van der Waals surface area contributed by atoms with Crippen LogP contribution >= 0.6 is 0 Å². The second-order valence-corrected chi connectivity index (χ2v) is 11.3. The summed E-state index contributed by atoms with van der Waals surface area (Å²) in [5.41, 5.74) is 14.2. The van der Waals surface area contributed by atoms with E-state index in [4.69, 9.17) is 4.98 Å². The summed E-state index contributed by atoms with van der Waals surface area (Å²) in [4.78, 5) is 5.36. The van der Waals surface area contributed by atoms with E-state index in [9.17, 15) is 0 Å². The van der Waals surface area contributed by atoms with E-state index in [1.54, 1.807) is 0 Å². The number of aromatic nitrogens is 1. The molecule has 190 valence electrons. The van der Waals surface area contributed by atoms with Crippen LogP contribution in [0.15, 0.2) is 127 Å². The van der Waals surface area contributed by atoms with Gasteiger partial charge in [0.15, 0.2) is 0 Å². The molecule has 2 aliphatic rings. The summed E-state index contributed by atoms with van der Waals surface area (Å²) in [5.74, 6) is 0. The lowest BCUT2D eigenvalue weighted by molar-refractivity contribution is 0.594. The Morgan fingerprint density at radius 1 is 0.487 bits per heavy atom. The zero-order valence-corrected chi connectivity index (χ0v) is 23.1. The van der Waals surface area contributed by atoms with Crippen molar-refractivity contribution >= 4 is 0 Å². The van der Waals surface area contributed by atoms with Gasteiger partial charge in [0.05, 0.1) is 11.4 Å². The van der Waals surface area contributed by atoms with Gasteiger partial charge >= 0.3 is 0 Å². The molecule has 39 heavy (non-hydrogen) atoms. The Labute approximate surface area is 232 Å². The molecule has 1 heteroatoms. The third kappa shape index (κ3) is 4.77. The van der Waals surface area contributed by atoms with Crippen LogP contribution in [-0.4, -0.2) is 4.98 Å². The van der Waals surface area contributed by atoms with Crippen molar-refractivity contribution in [1.82, 2.24) is 4.98 Å². The molecule has 1 aromatic heterocycles. The summed E-state index contributed by atoms with van der Waals surface area (Å²) < 4.78 is 0. The molecule has 0 aliphatic heterocycles. The normalized spacial score (nSPS) is 11.6. The van der Waals surface area contributed by atoms with Crippen LogP contribution in [0.2, 0.25) is 0 Å². The van der Waals surface area contributed by atoms with E-state index >= 15 is 0 Å². The van der Waals surface area contributed by atoms with E-state index in [-0.39, 0.29) is 5.41 Å². The quantitative estimate of drug-likeness (QED) is 0.233. The molecule has 0 radical (unpaired) electrons. The molecule has 0 unspecified atom stereocenters. The maximum absolute atomic E-state index is 5.36. The fraction of sp³-hybridized carbons (Fsp3) is 0.132. The molecule has 0 saturated heterocycles. The van der Waals surface area contributed by atoms with E-state index in [0.29, 0.717) is 0 Å². The Morgan fingerprint density at radius 3 is 1.67 bits per heavy atom. The van der Waals surface area contributed by atoms with Gasteiger partial charge in [0, 0.05) is 16.7 Å². The van der Waals surface area contributed by atoms with Crippen molar-refractivity contribution in [2.45, 2.75) is 33.1 Å². The Hall–Kier alpha value is -4.49. The average molecular weight is 504 g/mol. The lowest BCUT2D eigenvalue weighted by Gasteiger charge is -2.24. The van der Waals surface area contributed by atoms with Crippen LogP contribution < -0.4 is 0 Å². The van der Waals surface area contributed by atoms with Gasteiger partial charge < -0.3 is 0 Å². The molecule has 0 fully saturated rings. The van der Waals surface area contributed by atoms with E-state index in [1.165, 1.54) is 44.5 Å². The predicted molar refractivity (Wildman–Crippen MR) is 166 cm³/mol. The van der Waals surface area contributed by atoms with Gasteiger partial charge in [-0.1, -0.05) is 142 Å². The fourth-order valence-corrected chi connectivity index (χ4v) is 5.49. The van der Waals surface area contributed by atoms with Crippen molar-refractivity contribution in [2.24, 2.45) is 0 Å². The van der Waals surface area contributed by atoms with Gasteiger partial charge in [-0.2, -0.15) is 0 Å². The van der Waals surface area contributed by atoms with Gasteiger partial charge in [-0.25, -0.2) is 4.98 Å². The minimum Gasteiger partial charge on any atom is -0.247 e. The Morgan fingerprint density at radius 2 is 1.05 bits per heavy atom. The minimum absolute atomic E-state index is 0.0426. The zero-order valence-electron chi connectivity index (χ0n) is 23.1. The maximum Gasteiger partial charge on any atom is 0.0794 e. The standard InChI is InChI=1S/C38H33N/c1-26-20-22-30-24-33(38(2,3)4)36(31(30)23-21-26)32-25-34(27-14-8-5-9-15-27)39-37(29-18-12-7-13-19-29)35(32)28-16-10-6-11-17-28/h5-25H,1-4H3. The molecular weight excluding hydrogens is 470 g/mol. The van der Waals surface area contributed by atoms with Crippen molar-refractivity contribution in [3.63, 3.8) is 0 Å². The smallest absolute Gasteiger partial charge is 0.0794 e. The predicted octanol–water partition coefficient (Wildman–Crippen LogP) is 10.5. The van der Waals surface area contributed by atoms with Crippen molar-refractivity contribution in [3.8, 4) is 55.9 Å². The van der Waals surface area contributed by atoms with Crippen LogP contribution in [0.1, 0.15) is 31.9 Å². The van der Waals surface area contributed by atoms with Gasteiger partial charge in [0.25, 0.3) is 0 Å². The molecule has 3 aromatic carbocycles. The topological polar surface area (TPSA) is 12.9 Å². The number of hydrogen-bond acceptors (Lipinski definition) is 1. The van der Waals surface area contributed by atoms with Crippen LogP contribution in [0.4, 0.5) is 0 Å². The van der Waals surface area contributed by atoms with Crippen LogP contribution in [-0.2, 0) is 5.41 Å². The highest BCUT2D eigenvalue weighted by Gasteiger charge is 2.28. The molecule has 0 amide bonds. The first-order valence-electron chi connectivity index (χ1n) is 13.7. The number of benzene rings is 3. The summed E-state index contributed by atoms with van der Waals surface area (Å²) in [6, 6.07) is 45.6. The Balaban J connectivity index is 1.80. The van der Waals surface area contributed by atoms with Crippen molar-refractivity contribution in [1.29, 1.82) is 0 Å². The summed E-state index contributed by atoms with van der Waals surface area (Å²) in [6.45, 7) is 9.10. The third-order valence-corrected chi connectivity index (χ3v) is 7.46. The molecule has 0 saturated carbocycles. The van der Waals surface area contributed by atoms with Crippen molar-refractivity contribution in [2.75, 3.05) is 0 Å². The largest absolute Gasteiger partial charge is 0.247 e. The summed E-state index contributed by atoms with van der Waals surface area (Å²) in [7, 11) is 0. The number of nitrogens with zero attached hydrogens (tertiary/aromatic N) is 1. The summed E-state index contributed by atoms with van der Waals surface area (Å²) >= 11 is 0. The molecule has 6 rings (SSSR count). The van der Waals surface area contributed by atoms with Crippen LogP contribution in [0.25, 0.3) is 55.9 Å². The molecular formula is C38H33N. The molecule has 0 N–H and O–H groups in total. The van der Waals surface area contributed by atoms with Gasteiger partial charge in [-0.05, 0) is 57.9 Å².